The molecule has 2 aromatic heterocycles. The van der Waals surface area contributed by atoms with Gasteiger partial charge in [-0.2, -0.15) is 0 Å². The zero-order valence-corrected chi connectivity index (χ0v) is 19.8. The van der Waals surface area contributed by atoms with Crippen LogP contribution in [0.5, 0.6) is 5.75 Å². The van der Waals surface area contributed by atoms with Crippen LogP contribution in [0.4, 0.5) is 0 Å². The fraction of sp³-hybridized carbons (Fsp3) is 0.286. The second kappa shape index (κ2) is 8.99. The molecule has 4 aromatic rings. The molecule has 0 saturated heterocycles. The minimum absolute atomic E-state index is 0.0693. The van der Waals surface area contributed by atoms with E-state index in [1.807, 2.05) is 24.3 Å². The number of carboxylic acids is 1. The van der Waals surface area contributed by atoms with Crippen LogP contribution in [0.2, 0.25) is 0 Å². The Bertz CT molecular complexity index is 1320. The smallest absolute Gasteiger partial charge is 0.307 e. The van der Waals surface area contributed by atoms with E-state index in [9.17, 15) is 9.90 Å². The van der Waals surface area contributed by atoms with Gasteiger partial charge in [-0.05, 0) is 79.1 Å². The summed E-state index contributed by atoms with van der Waals surface area (Å²) < 4.78 is 5.74. The van der Waals surface area contributed by atoms with Crippen LogP contribution in [0.3, 0.4) is 0 Å². The zero-order chi connectivity index (χ0) is 22.9. The van der Waals surface area contributed by atoms with Crippen molar-refractivity contribution in [3.8, 4) is 28.1 Å². The van der Waals surface area contributed by atoms with Crippen LogP contribution in [-0.4, -0.2) is 22.7 Å². The van der Waals surface area contributed by atoms with Crippen LogP contribution in [-0.2, 0) is 24.1 Å². The highest BCUT2D eigenvalue weighted by atomic mass is 32.1. The van der Waals surface area contributed by atoms with Crippen molar-refractivity contribution < 1.29 is 14.6 Å². The molecule has 0 radical (unpaired) electrons. The van der Waals surface area contributed by atoms with Gasteiger partial charge in [0.1, 0.15) is 10.6 Å². The van der Waals surface area contributed by atoms with E-state index in [1.165, 1.54) is 16.0 Å². The van der Waals surface area contributed by atoms with Crippen LogP contribution in [0.25, 0.3) is 32.6 Å². The SMILES string of the molecule is CCCOc1ccc(-c2nc3sc4c(c3c(-c3ccc(C)cc3)c2CC(=O)O)CCC4)cc1. The third kappa shape index (κ3) is 4.13. The number of aliphatic carboxylic acids is 1. The highest BCUT2D eigenvalue weighted by molar-refractivity contribution is 7.19. The molecule has 1 N–H and O–H groups in total. The number of hydrogen-bond acceptors (Lipinski definition) is 4. The van der Waals surface area contributed by atoms with Crippen molar-refractivity contribution in [3.63, 3.8) is 0 Å². The van der Waals surface area contributed by atoms with Crippen molar-refractivity contribution in [2.24, 2.45) is 0 Å². The number of carbonyl (C=O) groups is 1. The van der Waals surface area contributed by atoms with Crippen molar-refractivity contribution in [2.45, 2.75) is 46.0 Å². The van der Waals surface area contributed by atoms with Crippen molar-refractivity contribution in [3.05, 3.63) is 70.1 Å². The molecule has 4 nitrogen and oxygen atoms in total. The molecule has 2 heterocycles. The van der Waals surface area contributed by atoms with Crippen molar-refractivity contribution in [1.29, 1.82) is 0 Å². The first-order valence-electron chi connectivity index (χ1n) is 11.5. The number of benzene rings is 2. The molecule has 0 bridgehead atoms. The quantitative estimate of drug-likeness (QED) is 0.330. The van der Waals surface area contributed by atoms with E-state index >= 15 is 0 Å². The van der Waals surface area contributed by atoms with Crippen LogP contribution < -0.4 is 4.74 Å². The molecule has 0 aliphatic heterocycles. The third-order valence-corrected chi connectivity index (χ3v) is 7.41. The van der Waals surface area contributed by atoms with Crippen LogP contribution in [0, 0.1) is 6.92 Å². The number of aryl methyl sites for hydroxylation is 3. The lowest BCUT2D eigenvalue weighted by Crippen LogP contribution is -2.06. The minimum atomic E-state index is -0.847. The van der Waals surface area contributed by atoms with Gasteiger partial charge in [0.05, 0.1) is 18.7 Å². The molecule has 2 aromatic carbocycles. The Balaban J connectivity index is 1.77. The van der Waals surface area contributed by atoms with E-state index in [0.29, 0.717) is 6.61 Å². The highest BCUT2D eigenvalue weighted by Crippen LogP contribution is 2.45. The number of fused-ring (bicyclic) bond motifs is 3. The first-order valence-corrected chi connectivity index (χ1v) is 12.4. The topological polar surface area (TPSA) is 59.4 Å². The van der Waals surface area contributed by atoms with Gasteiger partial charge in [-0.3, -0.25) is 4.79 Å². The molecule has 0 saturated carbocycles. The molecule has 5 rings (SSSR count). The number of pyridine rings is 1. The first-order chi connectivity index (χ1) is 16.0. The molecular formula is C28H27NO3S. The first kappa shape index (κ1) is 21.7. The van der Waals surface area contributed by atoms with E-state index < -0.39 is 5.97 Å². The van der Waals surface area contributed by atoms with E-state index in [2.05, 4.69) is 38.1 Å². The number of carboxylic acid groups (broad SMARTS) is 1. The monoisotopic (exact) mass is 457 g/mol. The molecule has 1 aliphatic rings. The molecular weight excluding hydrogens is 430 g/mol. The molecule has 0 atom stereocenters. The Morgan fingerprint density at radius 1 is 1.06 bits per heavy atom. The van der Waals surface area contributed by atoms with Gasteiger partial charge >= 0.3 is 5.97 Å². The van der Waals surface area contributed by atoms with Gasteiger partial charge in [0.15, 0.2) is 0 Å². The van der Waals surface area contributed by atoms with E-state index in [0.717, 1.165) is 69.6 Å². The molecule has 1 aliphatic carbocycles. The van der Waals surface area contributed by atoms with Crippen molar-refractivity contribution in [2.75, 3.05) is 6.61 Å². The summed E-state index contributed by atoms with van der Waals surface area (Å²) in [5.74, 6) is -0.0316. The summed E-state index contributed by atoms with van der Waals surface area (Å²) in [6, 6.07) is 16.3. The number of aromatic nitrogens is 1. The van der Waals surface area contributed by atoms with Crippen LogP contribution in [0.1, 0.15) is 41.3 Å². The number of thiophene rings is 1. The Kier molecular flexibility index (Phi) is 5.90. The molecule has 5 heteroatoms. The summed E-state index contributed by atoms with van der Waals surface area (Å²) >= 11 is 1.77. The maximum absolute atomic E-state index is 12.0. The lowest BCUT2D eigenvalue weighted by atomic mass is 9.90. The minimum Gasteiger partial charge on any atom is -0.494 e. The zero-order valence-electron chi connectivity index (χ0n) is 19.0. The summed E-state index contributed by atoms with van der Waals surface area (Å²) in [5, 5.41) is 11.0. The fourth-order valence-corrected chi connectivity index (χ4v) is 5.97. The summed E-state index contributed by atoms with van der Waals surface area (Å²) in [5.41, 5.74) is 7.08. The van der Waals surface area contributed by atoms with E-state index in [4.69, 9.17) is 9.72 Å². The summed E-state index contributed by atoms with van der Waals surface area (Å²) in [7, 11) is 0. The van der Waals surface area contributed by atoms with Crippen LogP contribution >= 0.6 is 11.3 Å². The predicted molar refractivity (Wildman–Crippen MR) is 134 cm³/mol. The Labute approximate surface area is 197 Å². The van der Waals surface area contributed by atoms with Gasteiger partial charge < -0.3 is 9.84 Å². The number of hydrogen-bond donors (Lipinski definition) is 1. The van der Waals surface area contributed by atoms with Gasteiger partial charge in [-0.1, -0.05) is 36.8 Å². The molecule has 0 amide bonds. The number of ether oxygens (including phenoxy) is 1. The standard InChI is InChI=1S/C28H27NO3S/c1-3-15-32-20-13-11-19(12-14-20)27-22(16-24(30)31)25(18-9-7-17(2)8-10-18)26-21-5-4-6-23(21)33-28(26)29-27/h7-14H,3-6,15-16H2,1-2H3,(H,30,31). The highest BCUT2D eigenvalue weighted by Gasteiger charge is 2.26. The Hall–Kier alpha value is -3.18. The summed E-state index contributed by atoms with van der Waals surface area (Å²) in [6.07, 6.45) is 4.15. The van der Waals surface area contributed by atoms with Crippen molar-refractivity contribution in [1.82, 2.24) is 4.98 Å². The Morgan fingerprint density at radius 3 is 2.48 bits per heavy atom. The second-order valence-electron chi connectivity index (χ2n) is 8.66. The normalized spacial score (nSPS) is 12.8. The fourth-order valence-electron chi connectivity index (χ4n) is 4.69. The van der Waals surface area contributed by atoms with E-state index in [1.54, 1.807) is 11.3 Å². The average molecular weight is 458 g/mol. The number of nitrogens with zero attached hydrogens (tertiary/aromatic N) is 1. The largest absolute Gasteiger partial charge is 0.494 e. The van der Waals surface area contributed by atoms with Gasteiger partial charge in [0.2, 0.25) is 0 Å². The maximum Gasteiger partial charge on any atom is 0.307 e. The van der Waals surface area contributed by atoms with Gasteiger partial charge in [-0.15, -0.1) is 11.3 Å². The predicted octanol–water partition coefficient (Wildman–Crippen LogP) is 6.84. The maximum atomic E-state index is 12.0. The van der Waals surface area contributed by atoms with Gasteiger partial charge in [0, 0.05) is 15.8 Å². The molecule has 0 spiro atoms. The molecule has 33 heavy (non-hydrogen) atoms. The molecule has 168 valence electrons. The van der Waals surface area contributed by atoms with Crippen molar-refractivity contribution >= 4 is 27.5 Å². The lowest BCUT2D eigenvalue weighted by molar-refractivity contribution is -0.136. The Morgan fingerprint density at radius 2 is 1.79 bits per heavy atom. The summed E-state index contributed by atoms with van der Waals surface area (Å²) in [6.45, 7) is 4.82. The third-order valence-electron chi connectivity index (χ3n) is 6.22. The molecule has 0 unspecified atom stereocenters. The van der Waals surface area contributed by atoms with Gasteiger partial charge in [-0.25, -0.2) is 4.98 Å². The van der Waals surface area contributed by atoms with E-state index in [-0.39, 0.29) is 6.42 Å². The van der Waals surface area contributed by atoms with Gasteiger partial charge in [0.25, 0.3) is 0 Å². The lowest BCUT2D eigenvalue weighted by Gasteiger charge is -2.17. The number of rotatable bonds is 7. The summed E-state index contributed by atoms with van der Waals surface area (Å²) in [4.78, 5) is 19.5. The second-order valence-corrected chi connectivity index (χ2v) is 9.74. The van der Waals surface area contributed by atoms with Crippen LogP contribution in [0.15, 0.2) is 48.5 Å². The molecule has 0 fully saturated rings. The average Bonchev–Trinajstić information content (AvgIpc) is 3.39.